The van der Waals surface area contributed by atoms with Crippen LogP contribution in [-0.4, -0.2) is 42.5 Å². The average molecular weight is 264 g/mol. The molecule has 0 spiro atoms. The van der Waals surface area contributed by atoms with Crippen LogP contribution >= 0.6 is 0 Å². The van der Waals surface area contributed by atoms with Crippen LogP contribution in [0.5, 0.6) is 0 Å². The number of hydrogen-bond donors (Lipinski definition) is 1. The number of nitrogens with one attached hydrogen (secondary N) is 1. The Morgan fingerprint density at radius 1 is 1.39 bits per heavy atom. The van der Waals surface area contributed by atoms with E-state index in [9.17, 15) is 22.8 Å². The Morgan fingerprint density at radius 3 is 2.72 bits per heavy atom. The quantitative estimate of drug-likeness (QED) is 0.771. The van der Waals surface area contributed by atoms with Gasteiger partial charge in [-0.25, -0.2) is 0 Å². The van der Waals surface area contributed by atoms with E-state index in [0.717, 1.165) is 19.3 Å². The number of hydrogen-bond acceptors (Lipinski definition) is 2. The van der Waals surface area contributed by atoms with Crippen LogP contribution in [0.15, 0.2) is 0 Å². The molecule has 3 atom stereocenters. The fourth-order valence-electron chi connectivity index (χ4n) is 3.14. The number of amides is 2. The Labute approximate surface area is 103 Å². The number of nitrogens with zero attached hydrogens (tertiary/aromatic N) is 1. The molecule has 0 aromatic rings. The smallest absolute Gasteiger partial charge is 0.346 e. The highest BCUT2D eigenvalue weighted by molar-refractivity contribution is 5.81. The predicted molar refractivity (Wildman–Crippen MR) is 56.5 cm³/mol. The molecule has 2 amide bonds. The molecule has 1 heterocycles. The molecule has 1 aliphatic heterocycles. The van der Waals surface area contributed by atoms with Gasteiger partial charge in [0.15, 0.2) is 0 Å². The van der Waals surface area contributed by atoms with Crippen molar-refractivity contribution >= 4 is 12.3 Å². The normalized spacial score (nSPS) is 31.3. The van der Waals surface area contributed by atoms with Crippen molar-refractivity contribution in [1.82, 2.24) is 10.2 Å². The molecule has 18 heavy (non-hydrogen) atoms. The maximum atomic E-state index is 12.1. The number of halogens is 3. The summed E-state index contributed by atoms with van der Waals surface area (Å²) in [6, 6.07) is -0.290. The minimum Gasteiger partial charge on any atom is -0.346 e. The molecule has 102 valence electrons. The first-order valence-corrected chi connectivity index (χ1v) is 5.99. The van der Waals surface area contributed by atoms with Crippen LogP contribution in [0.2, 0.25) is 0 Å². The van der Waals surface area contributed by atoms with Crippen molar-refractivity contribution in [1.29, 1.82) is 0 Å². The summed E-state index contributed by atoms with van der Waals surface area (Å²) in [6.07, 6.45) is -1.21. The van der Waals surface area contributed by atoms with E-state index in [0.29, 0.717) is 18.9 Å². The summed E-state index contributed by atoms with van der Waals surface area (Å²) in [5, 5.41) is 1.88. The van der Waals surface area contributed by atoms with Gasteiger partial charge in [0.2, 0.25) is 6.41 Å². The molecule has 1 saturated carbocycles. The van der Waals surface area contributed by atoms with Gasteiger partial charge in [0.1, 0.15) is 0 Å². The molecule has 0 aromatic carbocycles. The Kier molecular flexibility index (Phi) is 3.49. The zero-order valence-corrected chi connectivity index (χ0v) is 9.74. The zero-order chi connectivity index (χ0) is 13.3. The van der Waals surface area contributed by atoms with E-state index in [-0.39, 0.29) is 18.5 Å². The van der Waals surface area contributed by atoms with Gasteiger partial charge in [-0.15, -0.1) is 0 Å². The van der Waals surface area contributed by atoms with E-state index < -0.39 is 12.1 Å². The third-order valence-electron chi connectivity index (χ3n) is 3.95. The standard InChI is InChI=1S/C11H15F3N2O2/c12-11(13,14)10(18)15-4-9-8-3-1-2-7(8)5-16(9)6-17/h6-9H,1-5H2,(H,15,18). The molecule has 2 aliphatic rings. The molecule has 0 radical (unpaired) electrons. The van der Waals surface area contributed by atoms with Crippen LogP contribution in [0, 0.1) is 11.8 Å². The molecule has 1 saturated heterocycles. The molecule has 1 aliphatic carbocycles. The second-order valence-electron chi connectivity index (χ2n) is 4.93. The number of rotatable bonds is 3. The minimum absolute atomic E-state index is 0.113. The van der Waals surface area contributed by atoms with Crippen molar-refractivity contribution in [2.75, 3.05) is 13.1 Å². The van der Waals surface area contributed by atoms with Crippen molar-refractivity contribution in [3.8, 4) is 0 Å². The maximum absolute atomic E-state index is 12.1. The summed E-state index contributed by atoms with van der Waals surface area (Å²) in [4.78, 5) is 23.2. The van der Waals surface area contributed by atoms with Crippen LogP contribution in [-0.2, 0) is 9.59 Å². The first-order valence-electron chi connectivity index (χ1n) is 5.99. The Hall–Kier alpha value is -1.27. The third-order valence-corrected chi connectivity index (χ3v) is 3.95. The topological polar surface area (TPSA) is 49.4 Å². The molecule has 2 rings (SSSR count). The van der Waals surface area contributed by atoms with Crippen molar-refractivity contribution in [3.05, 3.63) is 0 Å². The zero-order valence-electron chi connectivity index (χ0n) is 9.74. The molecule has 2 fully saturated rings. The second-order valence-corrected chi connectivity index (χ2v) is 4.93. The SMILES string of the molecule is O=CN1CC2CCCC2C1CNC(=O)C(F)(F)F. The highest BCUT2D eigenvalue weighted by Gasteiger charge is 2.45. The van der Waals surface area contributed by atoms with Crippen LogP contribution in [0.25, 0.3) is 0 Å². The fourth-order valence-corrected chi connectivity index (χ4v) is 3.14. The summed E-state index contributed by atoms with van der Waals surface area (Å²) in [5.74, 6) is -1.33. The molecule has 1 N–H and O–H groups in total. The van der Waals surface area contributed by atoms with E-state index in [1.165, 1.54) is 4.90 Å². The maximum Gasteiger partial charge on any atom is 0.471 e. The van der Waals surface area contributed by atoms with Gasteiger partial charge in [0.05, 0.1) is 6.04 Å². The number of carbonyl (C=O) groups is 2. The average Bonchev–Trinajstić information content (AvgIpc) is 2.84. The van der Waals surface area contributed by atoms with Gasteiger partial charge in [-0.2, -0.15) is 13.2 Å². The highest BCUT2D eigenvalue weighted by Crippen LogP contribution is 2.41. The van der Waals surface area contributed by atoms with Crippen molar-refractivity contribution in [2.24, 2.45) is 11.8 Å². The fraction of sp³-hybridized carbons (Fsp3) is 0.818. The predicted octanol–water partition coefficient (Wildman–Crippen LogP) is 0.922. The molecule has 7 heteroatoms. The summed E-state index contributed by atoms with van der Waals surface area (Å²) < 4.78 is 36.2. The molecular weight excluding hydrogens is 249 g/mol. The van der Waals surface area contributed by atoms with E-state index >= 15 is 0 Å². The summed E-state index contributed by atoms with van der Waals surface area (Å²) >= 11 is 0. The minimum atomic E-state index is -4.86. The molecule has 3 unspecified atom stereocenters. The van der Waals surface area contributed by atoms with Crippen molar-refractivity contribution < 1.29 is 22.8 Å². The summed E-state index contributed by atoms with van der Waals surface area (Å²) in [5.41, 5.74) is 0. The first-order chi connectivity index (χ1) is 8.43. The lowest BCUT2D eigenvalue weighted by atomic mass is 9.94. The number of carbonyl (C=O) groups excluding carboxylic acids is 2. The Bertz CT molecular complexity index is 346. The van der Waals surface area contributed by atoms with Crippen LogP contribution < -0.4 is 5.32 Å². The van der Waals surface area contributed by atoms with Gasteiger partial charge in [0, 0.05) is 13.1 Å². The molecule has 0 aromatic heterocycles. The van der Waals surface area contributed by atoms with Crippen LogP contribution in [0.4, 0.5) is 13.2 Å². The first kappa shape index (κ1) is 13.2. The summed E-state index contributed by atoms with van der Waals surface area (Å²) in [7, 11) is 0. The number of likely N-dealkylation sites (tertiary alicyclic amines) is 1. The van der Waals surface area contributed by atoms with Gasteiger partial charge in [-0.1, -0.05) is 6.42 Å². The van der Waals surface area contributed by atoms with E-state index in [4.69, 9.17) is 0 Å². The molecule has 4 nitrogen and oxygen atoms in total. The van der Waals surface area contributed by atoms with E-state index in [1.807, 2.05) is 5.32 Å². The van der Waals surface area contributed by atoms with Crippen molar-refractivity contribution in [2.45, 2.75) is 31.5 Å². The van der Waals surface area contributed by atoms with Gasteiger partial charge in [-0.3, -0.25) is 9.59 Å². The van der Waals surface area contributed by atoms with Gasteiger partial charge in [-0.05, 0) is 24.7 Å². The van der Waals surface area contributed by atoms with Gasteiger partial charge >= 0.3 is 12.1 Å². The van der Waals surface area contributed by atoms with Gasteiger partial charge < -0.3 is 10.2 Å². The molecule has 0 bridgehead atoms. The Balaban J connectivity index is 1.94. The number of fused-ring (bicyclic) bond motifs is 1. The lowest BCUT2D eigenvalue weighted by Crippen LogP contribution is -2.46. The summed E-state index contributed by atoms with van der Waals surface area (Å²) in [6.45, 7) is 0.485. The molecular formula is C11H15F3N2O2. The monoisotopic (exact) mass is 264 g/mol. The van der Waals surface area contributed by atoms with Gasteiger partial charge in [0.25, 0.3) is 0 Å². The van der Waals surface area contributed by atoms with Crippen molar-refractivity contribution in [3.63, 3.8) is 0 Å². The lowest BCUT2D eigenvalue weighted by Gasteiger charge is -2.24. The van der Waals surface area contributed by atoms with E-state index in [1.54, 1.807) is 0 Å². The Morgan fingerprint density at radius 2 is 2.11 bits per heavy atom. The van der Waals surface area contributed by atoms with Crippen LogP contribution in [0.3, 0.4) is 0 Å². The third kappa shape index (κ3) is 2.44. The second kappa shape index (κ2) is 4.78. The lowest BCUT2D eigenvalue weighted by molar-refractivity contribution is -0.173. The van der Waals surface area contributed by atoms with Crippen LogP contribution in [0.1, 0.15) is 19.3 Å². The van der Waals surface area contributed by atoms with E-state index in [2.05, 4.69) is 0 Å². The largest absolute Gasteiger partial charge is 0.471 e. The highest BCUT2D eigenvalue weighted by atomic mass is 19.4. The number of alkyl halides is 3.